The maximum absolute atomic E-state index is 3.55. The molecule has 0 aromatic heterocycles. The van der Waals surface area contributed by atoms with E-state index in [9.17, 15) is 0 Å². The van der Waals surface area contributed by atoms with Gasteiger partial charge in [-0.15, -0.1) is 0 Å². The van der Waals surface area contributed by atoms with Crippen LogP contribution in [0.2, 0.25) is 0 Å². The van der Waals surface area contributed by atoms with Crippen LogP contribution in [-0.4, -0.2) is 18.6 Å². The van der Waals surface area contributed by atoms with Crippen molar-refractivity contribution >= 4 is 5.69 Å². The van der Waals surface area contributed by atoms with Gasteiger partial charge in [0.05, 0.1) is 0 Å². The van der Waals surface area contributed by atoms with Gasteiger partial charge in [-0.2, -0.15) is 0 Å². The Morgan fingerprint density at radius 1 is 1.15 bits per heavy atom. The second-order valence-corrected chi connectivity index (χ2v) is 6.81. The van der Waals surface area contributed by atoms with E-state index in [0.717, 1.165) is 6.54 Å². The smallest absolute Gasteiger partial charge is 0.0396 e. The van der Waals surface area contributed by atoms with Crippen molar-refractivity contribution in [2.75, 3.05) is 11.9 Å². The van der Waals surface area contributed by atoms with E-state index in [-0.39, 0.29) is 5.54 Å². The summed E-state index contributed by atoms with van der Waals surface area (Å²) in [6, 6.07) is 7.47. The quantitative estimate of drug-likeness (QED) is 0.822. The Morgan fingerprint density at radius 2 is 1.75 bits per heavy atom. The van der Waals surface area contributed by atoms with Gasteiger partial charge in [0.2, 0.25) is 0 Å². The highest BCUT2D eigenvalue weighted by molar-refractivity contribution is 5.54. The first-order valence-corrected chi connectivity index (χ1v) is 7.85. The number of rotatable bonds is 6. The van der Waals surface area contributed by atoms with Gasteiger partial charge in [0, 0.05) is 30.9 Å². The lowest BCUT2D eigenvalue weighted by Crippen LogP contribution is -2.35. The van der Waals surface area contributed by atoms with Crippen LogP contribution in [0.1, 0.15) is 58.6 Å². The van der Waals surface area contributed by atoms with Crippen molar-refractivity contribution < 1.29 is 0 Å². The molecule has 0 unspecified atom stereocenters. The largest absolute Gasteiger partial charge is 0.371 e. The van der Waals surface area contributed by atoms with Crippen molar-refractivity contribution in [1.29, 1.82) is 0 Å². The summed E-state index contributed by atoms with van der Waals surface area (Å²) in [6.45, 7) is 14.3. The Bertz CT molecular complexity index is 414. The molecule has 1 aromatic rings. The predicted octanol–water partition coefficient (Wildman–Crippen LogP) is 4.51. The van der Waals surface area contributed by atoms with Gasteiger partial charge in [0.25, 0.3) is 0 Å². The second kappa shape index (κ2) is 7.12. The zero-order valence-electron chi connectivity index (χ0n) is 14.4. The summed E-state index contributed by atoms with van der Waals surface area (Å²) in [7, 11) is 2.22. The molecule has 2 nitrogen and oxygen atoms in total. The van der Waals surface area contributed by atoms with Crippen molar-refractivity contribution in [3.8, 4) is 0 Å². The van der Waals surface area contributed by atoms with Gasteiger partial charge in [-0.25, -0.2) is 0 Å². The summed E-state index contributed by atoms with van der Waals surface area (Å²) in [5.41, 5.74) is 4.25. The molecule has 0 radical (unpaired) electrons. The molecule has 114 valence electrons. The Hall–Kier alpha value is -1.02. The molecule has 0 fully saturated rings. The fourth-order valence-corrected chi connectivity index (χ4v) is 2.62. The molecule has 0 aliphatic carbocycles. The number of hydrogen-bond donors (Lipinski definition) is 1. The van der Waals surface area contributed by atoms with Crippen LogP contribution in [0, 0.1) is 6.92 Å². The minimum absolute atomic E-state index is 0.166. The van der Waals surface area contributed by atoms with Gasteiger partial charge in [-0.1, -0.05) is 26.0 Å². The van der Waals surface area contributed by atoms with Crippen LogP contribution in [0.15, 0.2) is 18.2 Å². The molecule has 1 rings (SSSR count). The molecule has 1 aromatic carbocycles. The highest BCUT2D eigenvalue weighted by Gasteiger charge is 2.14. The van der Waals surface area contributed by atoms with E-state index in [4.69, 9.17) is 0 Å². The summed E-state index contributed by atoms with van der Waals surface area (Å²) >= 11 is 0. The Labute approximate surface area is 125 Å². The zero-order valence-corrected chi connectivity index (χ0v) is 14.4. The van der Waals surface area contributed by atoms with Crippen LogP contribution in [0.25, 0.3) is 0 Å². The molecule has 0 aliphatic rings. The summed E-state index contributed by atoms with van der Waals surface area (Å²) in [4.78, 5) is 2.43. The molecular weight excluding hydrogens is 244 g/mol. The standard InChI is InChI=1S/C18H32N2/c1-8-16(9-2)20(7)17-11-10-15(12-14(17)3)13-19-18(4,5)6/h10-12,16,19H,8-9,13H2,1-7H3. The van der Waals surface area contributed by atoms with Crippen LogP contribution in [-0.2, 0) is 6.54 Å². The van der Waals surface area contributed by atoms with Gasteiger partial charge in [-0.3, -0.25) is 0 Å². The van der Waals surface area contributed by atoms with Crippen molar-refractivity contribution in [3.63, 3.8) is 0 Å². The van der Waals surface area contributed by atoms with Crippen molar-refractivity contribution in [2.24, 2.45) is 0 Å². The summed E-state index contributed by atoms with van der Waals surface area (Å²) < 4.78 is 0. The fourth-order valence-electron chi connectivity index (χ4n) is 2.62. The zero-order chi connectivity index (χ0) is 15.3. The molecule has 0 amide bonds. The second-order valence-electron chi connectivity index (χ2n) is 6.81. The number of benzene rings is 1. The third kappa shape index (κ3) is 4.82. The van der Waals surface area contributed by atoms with E-state index in [0.29, 0.717) is 6.04 Å². The lowest BCUT2D eigenvalue weighted by molar-refractivity contribution is 0.424. The van der Waals surface area contributed by atoms with E-state index >= 15 is 0 Å². The van der Waals surface area contributed by atoms with E-state index in [1.54, 1.807) is 0 Å². The van der Waals surface area contributed by atoms with Crippen molar-refractivity contribution in [1.82, 2.24) is 5.32 Å². The maximum atomic E-state index is 3.55. The summed E-state index contributed by atoms with van der Waals surface area (Å²) in [6.07, 6.45) is 2.39. The molecule has 0 spiro atoms. The minimum Gasteiger partial charge on any atom is -0.371 e. The molecule has 0 saturated carbocycles. The molecule has 0 aliphatic heterocycles. The summed E-state index contributed by atoms with van der Waals surface area (Å²) in [5, 5.41) is 3.55. The van der Waals surface area contributed by atoms with Crippen molar-refractivity contribution in [3.05, 3.63) is 29.3 Å². The number of nitrogens with zero attached hydrogens (tertiary/aromatic N) is 1. The van der Waals surface area contributed by atoms with Gasteiger partial charge < -0.3 is 10.2 Å². The van der Waals surface area contributed by atoms with Crippen LogP contribution < -0.4 is 10.2 Å². The van der Waals surface area contributed by atoms with E-state index in [1.165, 1.54) is 29.7 Å². The van der Waals surface area contributed by atoms with Crippen LogP contribution in [0.4, 0.5) is 5.69 Å². The Morgan fingerprint density at radius 3 is 2.20 bits per heavy atom. The topological polar surface area (TPSA) is 15.3 Å². The highest BCUT2D eigenvalue weighted by Crippen LogP contribution is 2.24. The molecule has 2 heteroatoms. The number of anilines is 1. The maximum Gasteiger partial charge on any atom is 0.0396 e. The van der Waals surface area contributed by atoms with E-state index in [1.807, 2.05) is 0 Å². The monoisotopic (exact) mass is 276 g/mol. The molecule has 0 heterocycles. The van der Waals surface area contributed by atoms with Crippen molar-refractivity contribution in [2.45, 2.75) is 72.5 Å². The minimum atomic E-state index is 0.166. The van der Waals surface area contributed by atoms with Gasteiger partial charge >= 0.3 is 0 Å². The predicted molar refractivity (Wildman–Crippen MR) is 90.5 cm³/mol. The molecule has 20 heavy (non-hydrogen) atoms. The molecule has 0 atom stereocenters. The Kier molecular flexibility index (Phi) is 6.07. The number of nitrogens with one attached hydrogen (secondary N) is 1. The third-order valence-electron chi connectivity index (χ3n) is 3.95. The molecule has 0 saturated heterocycles. The van der Waals surface area contributed by atoms with Crippen LogP contribution >= 0.6 is 0 Å². The third-order valence-corrected chi connectivity index (χ3v) is 3.95. The lowest BCUT2D eigenvalue weighted by atomic mass is 10.0. The normalized spacial score (nSPS) is 12.0. The molecule has 1 N–H and O–H groups in total. The summed E-state index contributed by atoms with van der Waals surface area (Å²) in [5.74, 6) is 0. The van der Waals surface area contributed by atoms with Gasteiger partial charge in [-0.05, 0) is 57.7 Å². The van der Waals surface area contributed by atoms with Gasteiger partial charge in [0.1, 0.15) is 0 Å². The fraction of sp³-hybridized carbons (Fsp3) is 0.667. The highest BCUT2D eigenvalue weighted by atomic mass is 15.1. The van der Waals surface area contributed by atoms with Crippen LogP contribution in [0.5, 0.6) is 0 Å². The van der Waals surface area contributed by atoms with E-state index in [2.05, 4.69) is 77.0 Å². The number of aryl methyl sites for hydroxylation is 1. The lowest BCUT2D eigenvalue weighted by Gasteiger charge is -2.30. The SMILES string of the molecule is CCC(CC)N(C)c1ccc(CNC(C)(C)C)cc1C. The van der Waals surface area contributed by atoms with Crippen LogP contribution in [0.3, 0.4) is 0 Å². The number of hydrogen-bond acceptors (Lipinski definition) is 2. The first-order chi connectivity index (χ1) is 9.28. The first-order valence-electron chi connectivity index (χ1n) is 7.85. The first kappa shape index (κ1) is 17.0. The molecule has 0 bridgehead atoms. The Balaban J connectivity index is 2.82. The van der Waals surface area contributed by atoms with E-state index < -0.39 is 0 Å². The average Bonchev–Trinajstić information content (AvgIpc) is 2.37. The average molecular weight is 276 g/mol. The van der Waals surface area contributed by atoms with Gasteiger partial charge in [0.15, 0.2) is 0 Å². The molecular formula is C18H32N2.